The molecule has 0 saturated heterocycles. The van der Waals surface area contributed by atoms with E-state index in [1.54, 1.807) is 0 Å². The Kier molecular flexibility index (Phi) is 2.61. The number of nitrogens with one attached hydrogen (secondary N) is 1. The monoisotopic (exact) mass is 202 g/mol. The van der Waals surface area contributed by atoms with Crippen molar-refractivity contribution in [1.82, 2.24) is 5.32 Å². The van der Waals surface area contributed by atoms with Crippen molar-refractivity contribution in [3.63, 3.8) is 0 Å². The summed E-state index contributed by atoms with van der Waals surface area (Å²) >= 11 is 0. The molecule has 1 aliphatic heterocycles. The quantitative estimate of drug-likeness (QED) is 0.782. The molecule has 0 amide bonds. The van der Waals surface area contributed by atoms with Crippen LogP contribution in [0.2, 0.25) is 0 Å². The highest BCUT2D eigenvalue weighted by molar-refractivity contribution is 6.05. The highest BCUT2D eigenvalue weighted by atomic mass is 15.0. The van der Waals surface area contributed by atoms with Crippen molar-refractivity contribution in [3.05, 3.63) is 35.4 Å². The summed E-state index contributed by atoms with van der Waals surface area (Å²) < 4.78 is 0. The van der Waals surface area contributed by atoms with Gasteiger partial charge in [-0.25, -0.2) is 0 Å². The summed E-state index contributed by atoms with van der Waals surface area (Å²) in [6.45, 7) is 8.23. The molecular weight excluding hydrogens is 184 g/mol. The van der Waals surface area contributed by atoms with E-state index in [2.05, 4.69) is 55.3 Å². The van der Waals surface area contributed by atoms with Crippen LogP contribution in [-0.4, -0.2) is 17.8 Å². The molecule has 15 heavy (non-hydrogen) atoms. The standard InChI is InChI=1S/C13H18N2/c1-13(2,3)15-9-12-11-7-5-4-6-10(11)8-14-12/h4-7,15H,8-9H2,1-3H3. The normalized spacial score (nSPS) is 15.0. The summed E-state index contributed by atoms with van der Waals surface area (Å²) in [6.07, 6.45) is 0. The van der Waals surface area contributed by atoms with E-state index in [4.69, 9.17) is 0 Å². The molecule has 1 aromatic rings. The van der Waals surface area contributed by atoms with Crippen molar-refractivity contribution >= 4 is 5.71 Å². The molecule has 0 unspecified atom stereocenters. The summed E-state index contributed by atoms with van der Waals surface area (Å²) in [5.41, 5.74) is 4.01. The van der Waals surface area contributed by atoms with Crippen LogP contribution in [0.5, 0.6) is 0 Å². The summed E-state index contributed by atoms with van der Waals surface area (Å²) in [6, 6.07) is 8.47. The average molecular weight is 202 g/mol. The van der Waals surface area contributed by atoms with Crippen LogP contribution >= 0.6 is 0 Å². The fourth-order valence-corrected chi connectivity index (χ4v) is 1.71. The lowest BCUT2D eigenvalue weighted by molar-refractivity contribution is 0.455. The van der Waals surface area contributed by atoms with Gasteiger partial charge in [0.05, 0.1) is 12.3 Å². The van der Waals surface area contributed by atoms with E-state index in [9.17, 15) is 0 Å². The molecule has 1 N–H and O–H groups in total. The molecule has 0 aromatic heterocycles. The van der Waals surface area contributed by atoms with Gasteiger partial charge in [0.1, 0.15) is 0 Å². The maximum absolute atomic E-state index is 4.56. The molecular formula is C13H18N2. The van der Waals surface area contributed by atoms with Gasteiger partial charge in [-0.1, -0.05) is 24.3 Å². The van der Waals surface area contributed by atoms with Crippen LogP contribution in [0.1, 0.15) is 31.9 Å². The lowest BCUT2D eigenvalue weighted by Gasteiger charge is -2.20. The number of rotatable bonds is 2. The highest BCUT2D eigenvalue weighted by Gasteiger charge is 2.16. The summed E-state index contributed by atoms with van der Waals surface area (Å²) in [4.78, 5) is 4.56. The maximum Gasteiger partial charge on any atom is 0.0650 e. The molecule has 1 aromatic carbocycles. The molecule has 1 heterocycles. The van der Waals surface area contributed by atoms with Gasteiger partial charge in [0.15, 0.2) is 0 Å². The third-order valence-electron chi connectivity index (χ3n) is 2.55. The third kappa shape index (κ3) is 2.45. The number of hydrogen-bond donors (Lipinski definition) is 1. The van der Waals surface area contributed by atoms with Crippen LogP contribution in [-0.2, 0) is 6.54 Å². The van der Waals surface area contributed by atoms with E-state index in [0.29, 0.717) is 0 Å². The summed E-state index contributed by atoms with van der Waals surface area (Å²) in [7, 11) is 0. The van der Waals surface area contributed by atoms with Gasteiger partial charge < -0.3 is 5.32 Å². The van der Waals surface area contributed by atoms with Crippen molar-refractivity contribution in [1.29, 1.82) is 0 Å². The minimum Gasteiger partial charge on any atom is -0.306 e. The van der Waals surface area contributed by atoms with Crippen molar-refractivity contribution in [3.8, 4) is 0 Å². The Morgan fingerprint density at radius 3 is 2.73 bits per heavy atom. The van der Waals surface area contributed by atoms with E-state index >= 15 is 0 Å². The van der Waals surface area contributed by atoms with Crippen LogP contribution in [0, 0.1) is 0 Å². The Morgan fingerprint density at radius 2 is 2.00 bits per heavy atom. The number of nitrogens with zero attached hydrogens (tertiary/aromatic N) is 1. The van der Waals surface area contributed by atoms with Gasteiger partial charge in [0.2, 0.25) is 0 Å². The largest absolute Gasteiger partial charge is 0.306 e. The van der Waals surface area contributed by atoms with Gasteiger partial charge in [-0.15, -0.1) is 0 Å². The first kappa shape index (κ1) is 10.4. The second-order valence-electron chi connectivity index (χ2n) is 5.02. The lowest BCUT2D eigenvalue weighted by Crippen LogP contribution is -2.39. The lowest BCUT2D eigenvalue weighted by atomic mass is 10.0. The number of aliphatic imine (C=N–C) groups is 1. The predicted octanol–water partition coefficient (Wildman–Crippen LogP) is 2.38. The average Bonchev–Trinajstić information content (AvgIpc) is 2.57. The van der Waals surface area contributed by atoms with Crippen molar-refractivity contribution in [2.24, 2.45) is 4.99 Å². The van der Waals surface area contributed by atoms with Crippen molar-refractivity contribution in [2.75, 3.05) is 6.54 Å². The zero-order valence-electron chi connectivity index (χ0n) is 9.67. The molecule has 0 atom stereocenters. The van der Waals surface area contributed by atoms with E-state index < -0.39 is 0 Å². The second-order valence-corrected chi connectivity index (χ2v) is 5.02. The Labute approximate surface area is 91.4 Å². The van der Waals surface area contributed by atoms with Crippen LogP contribution in [0.25, 0.3) is 0 Å². The number of hydrogen-bond acceptors (Lipinski definition) is 2. The topological polar surface area (TPSA) is 24.4 Å². The molecule has 0 bridgehead atoms. The number of fused-ring (bicyclic) bond motifs is 1. The first-order valence-electron chi connectivity index (χ1n) is 5.43. The van der Waals surface area contributed by atoms with E-state index in [1.807, 2.05) is 0 Å². The van der Waals surface area contributed by atoms with Gasteiger partial charge in [0, 0.05) is 17.6 Å². The molecule has 2 heteroatoms. The predicted molar refractivity (Wildman–Crippen MR) is 64.4 cm³/mol. The SMILES string of the molecule is CC(C)(C)NCC1=NCc2ccccc21. The first-order valence-corrected chi connectivity index (χ1v) is 5.43. The molecule has 0 aliphatic carbocycles. The van der Waals surface area contributed by atoms with E-state index in [-0.39, 0.29) is 5.54 Å². The Hall–Kier alpha value is -1.15. The fourth-order valence-electron chi connectivity index (χ4n) is 1.71. The Balaban J connectivity index is 2.08. The van der Waals surface area contributed by atoms with Crippen LogP contribution in [0.4, 0.5) is 0 Å². The van der Waals surface area contributed by atoms with Crippen molar-refractivity contribution in [2.45, 2.75) is 32.9 Å². The van der Waals surface area contributed by atoms with E-state index in [1.165, 1.54) is 16.8 Å². The first-order chi connectivity index (χ1) is 7.06. The Bertz CT molecular complexity index is 386. The van der Waals surface area contributed by atoms with Gasteiger partial charge in [0.25, 0.3) is 0 Å². The second kappa shape index (κ2) is 3.78. The smallest absolute Gasteiger partial charge is 0.0650 e. The fraction of sp³-hybridized carbons (Fsp3) is 0.462. The van der Waals surface area contributed by atoms with Gasteiger partial charge in [-0.2, -0.15) is 0 Å². The van der Waals surface area contributed by atoms with Crippen LogP contribution < -0.4 is 5.32 Å². The minimum atomic E-state index is 0.153. The molecule has 0 fully saturated rings. The van der Waals surface area contributed by atoms with Crippen LogP contribution in [0.15, 0.2) is 29.3 Å². The zero-order chi connectivity index (χ0) is 10.9. The van der Waals surface area contributed by atoms with Crippen LogP contribution in [0.3, 0.4) is 0 Å². The molecule has 0 radical (unpaired) electrons. The van der Waals surface area contributed by atoms with Gasteiger partial charge in [-0.05, 0) is 26.3 Å². The summed E-state index contributed by atoms with van der Waals surface area (Å²) in [5, 5.41) is 3.47. The zero-order valence-corrected chi connectivity index (χ0v) is 9.67. The minimum absolute atomic E-state index is 0.153. The molecule has 2 nitrogen and oxygen atoms in total. The van der Waals surface area contributed by atoms with Gasteiger partial charge >= 0.3 is 0 Å². The maximum atomic E-state index is 4.56. The summed E-state index contributed by atoms with van der Waals surface area (Å²) in [5.74, 6) is 0. The molecule has 0 saturated carbocycles. The Morgan fingerprint density at radius 1 is 1.27 bits per heavy atom. The third-order valence-corrected chi connectivity index (χ3v) is 2.55. The van der Waals surface area contributed by atoms with E-state index in [0.717, 1.165) is 13.1 Å². The molecule has 1 aliphatic rings. The van der Waals surface area contributed by atoms with Gasteiger partial charge in [-0.3, -0.25) is 4.99 Å². The highest BCUT2D eigenvalue weighted by Crippen LogP contribution is 2.18. The molecule has 80 valence electrons. The molecule has 2 rings (SSSR count). The molecule has 0 spiro atoms. The van der Waals surface area contributed by atoms with Crippen molar-refractivity contribution < 1.29 is 0 Å². The number of benzene rings is 1.